The van der Waals surface area contributed by atoms with Crippen LogP contribution in [-0.4, -0.2) is 31.6 Å². The molecule has 0 saturated carbocycles. The lowest BCUT2D eigenvalue weighted by Crippen LogP contribution is -2.12. The summed E-state index contributed by atoms with van der Waals surface area (Å²) in [5, 5.41) is 16.2. The van der Waals surface area contributed by atoms with Crippen LogP contribution in [0.4, 0.5) is 5.13 Å². The van der Waals surface area contributed by atoms with E-state index in [1.165, 1.54) is 11.3 Å². The third kappa shape index (κ3) is 4.38. The largest absolute Gasteiger partial charge is 0.296 e. The van der Waals surface area contributed by atoms with Crippen molar-refractivity contribution in [3.8, 4) is 16.9 Å². The molecule has 2 aromatic carbocycles. The molecule has 1 amide bonds. The van der Waals surface area contributed by atoms with E-state index >= 15 is 0 Å². The Morgan fingerprint density at radius 2 is 1.86 bits per heavy atom. The van der Waals surface area contributed by atoms with Gasteiger partial charge in [0.1, 0.15) is 5.69 Å². The van der Waals surface area contributed by atoms with Crippen LogP contribution in [-0.2, 0) is 0 Å². The molecule has 0 radical (unpaired) electrons. The lowest BCUT2D eigenvalue weighted by atomic mass is 10.1. The normalized spacial score (nSPS) is 10.8. The Balaban J connectivity index is 1.70. The highest BCUT2D eigenvalue weighted by Crippen LogP contribution is 2.28. The fraction of sp³-hybridized carbons (Fsp3) is 0.143. The molecule has 0 aliphatic heterocycles. The quantitative estimate of drug-likeness (QED) is 0.348. The molecule has 8 heteroatoms. The summed E-state index contributed by atoms with van der Waals surface area (Å²) in [6.45, 7) is 4.08. The summed E-state index contributed by atoms with van der Waals surface area (Å²) in [7, 11) is 0. The number of anilines is 1. The van der Waals surface area contributed by atoms with Crippen LogP contribution in [0.3, 0.4) is 0 Å². The van der Waals surface area contributed by atoms with Crippen LogP contribution in [0.1, 0.15) is 22.8 Å². The second kappa shape index (κ2) is 8.59. The van der Waals surface area contributed by atoms with Gasteiger partial charge in [0.15, 0.2) is 4.34 Å². The van der Waals surface area contributed by atoms with Gasteiger partial charge in [-0.2, -0.15) is 5.10 Å². The van der Waals surface area contributed by atoms with Gasteiger partial charge in [-0.25, -0.2) is 4.68 Å². The summed E-state index contributed by atoms with van der Waals surface area (Å²) in [5.74, 6) is 0.649. The lowest BCUT2D eigenvalue weighted by molar-refractivity contribution is 0.102. The first kappa shape index (κ1) is 19.4. The van der Waals surface area contributed by atoms with Crippen molar-refractivity contribution in [2.45, 2.75) is 18.2 Å². The molecule has 0 aliphatic rings. The van der Waals surface area contributed by atoms with Gasteiger partial charge in [0.2, 0.25) is 5.13 Å². The molecule has 146 valence electrons. The molecule has 0 saturated heterocycles. The molecular weight excluding hydrogens is 402 g/mol. The standard InChI is InChI=1S/C21H19N5OS2/c1-3-28-21-24-23-20(29-21)22-19(27)17-13-26(16-7-5-4-6-8-16)25-18(17)15-11-9-14(2)10-12-15/h4-13H,3H2,1-2H3,(H,22,23,27). The van der Waals surface area contributed by atoms with Gasteiger partial charge in [0.05, 0.1) is 11.3 Å². The topological polar surface area (TPSA) is 72.7 Å². The van der Waals surface area contributed by atoms with Gasteiger partial charge in [-0.05, 0) is 24.8 Å². The lowest BCUT2D eigenvalue weighted by Gasteiger charge is -2.03. The third-order valence-corrected chi connectivity index (χ3v) is 6.05. The van der Waals surface area contributed by atoms with E-state index in [0.717, 1.165) is 26.9 Å². The summed E-state index contributed by atoms with van der Waals surface area (Å²) in [4.78, 5) is 13.1. The number of hydrogen-bond acceptors (Lipinski definition) is 6. The summed E-state index contributed by atoms with van der Waals surface area (Å²) in [5.41, 5.74) is 4.03. The fourth-order valence-electron chi connectivity index (χ4n) is 2.78. The van der Waals surface area contributed by atoms with Crippen molar-refractivity contribution in [1.29, 1.82) is 0 Å². The number of para-hydroxylation sites is 1. The van der Waals surface area contributed by atoms with Crippen molar-refractivity contribution in [2.75, 3.05) is 11.1 Å². The van der Waals surface area contributed by atoms with E-state index in [9.17, 15) is 4.79 Å². The number of benzene rings is 2. The van der Waals surface area contributed by atoms with Crippen molar-refractivity contribution in [2.24, 2.45) is 0 Å². The Kier molecular flexibility index (Phi) is 5.73. The van der Waals surface area contributed by atoms with Crippen LogP contribution >= 0.6 is 23.1 Å². The number of nitrogens with zero attached hydrogens (tertiary/aromatic N) is 4. The van der Waals surface area contributed by atoms with Crippen molar-refractivity contribution in [3.05, 3.63) is 71.9 Å². The summed E-state index contributed by atoms with van der Waals surface area (Å²) in [6.07, 6.45) is 1.75. The van der Waals surface area contributed by atoms with E-state index < -0.39 is 0 Å². The van der Waals surface area contributed by atoms with E-state index in [0.29, 0.717) is 16.4 Å². The van der Waals surface area contributed by atoms with Gasteiger partial charge >= 0.3 is 0 Å². The van der Waals surface area contributed by atoms with Crippen LogP contribution in [0.2, 0.25) is 0 Å². The molecule has 0 aliphatic carbocycles. The first-order valence-corrected chi connectivity index (χ1v) is 10.9. The summed E-state index contributed by atoms with van der Waals surface area (Å²) in [6, 6.07) is 17.7. The number of aromatic nitrogens is 4. The van der Waals surface area contributed by atoms with E-state index in [4.69, 9.17) is 5.10 Å². The van der Waals surface area contributed by atoms with Crippen LogP contribution in [0, 0.1) is 6.92 Å². The first-order chi connectivity index (χ1) is 14.1. The summed E-state index contributed by atoms with van der Waals surface area (Å²) >= 11 is 2.97. The first-order valence-electron chi connectivity index (χ1n) is 9.14. The molecule has 0 fully saturated rings. The van der Waals surface area contributed by atoms with Gasteiger partial charge < -0.3 is 0 Å². The Bertz CT molecular complexity index is 1120. The molecule has 6 nitrogen and oxygen atoms in total. The van der Waals surface area contributed by atoms with Crippen molar-refractivity contribution in [3.63, 3.8) is 0 Å². The number of hydrogen-bond donors (Lipinski definition) is 1. The molecular formula is C21H19N5OS2. The maximum absolute atomic E-state index is 13.1. The maximum atomic E-state index is 13.1. The second-order valence-corrected chi connectivity index (χ2v) is 8.79. The number of carbonyl (C=O) groups excluding carboxylic acids is 1. The SMILES string of the molecule is CCSc1nnc(NC(=O)c2cn(-c3ccccc3)nc2-c2ccc(C)cc2)s1. The molecule has 0 unspecified atom stereocenters. The van der Waals surface area contributed by atoms with Crippen LogP contribution in [0.15, 0.2) is 65.1 Å². The monoisotopic (exact) mass is 421 g/mol. The van der Waals surface area contributed by atoms with Gasteiger partial charge in [-0.15, -0.1) is 10.2 Å². The van der Waals surface area contributed by atoms with Gasteiger partial charge in [-0.1, -0.05) is 78.1 Å². The molecule has 4 aromatic rings. The molecule has 4 rings (SSSR count). The average molecular weight is 422 g/mol. The Hall–Kier alpha value is -2.97. The molecule has 0 spiro atoms. The molecule has 2 heterocycles. The fourth-order valence-corrected chi connectivity index (χ4v) is 4.43. The zero-order valence-electron chi connectivity index (χ0n) is 16.0. The Labute approximate surface area is 177 Å². The van der Waals surface area contributed by atoms with Crippen LogP contribution < -0.4 is 5.32 Å². The predicted molar refractivity (Wildman–Crippen MR) is 118 cm³/mol. The van der Waals surface area contributed by atoms with Crippen molar-refractivity contribution < 1.29 is 4.79 Å². The van der Waals surface area contributed by atoms with Crippen LogP contribution in [0.5, 0.6) is 0 Å². The van der Waals surface area contributed by atoms with Crippen molar-refractivity contribution >= 4 is 34.1 Å². The number of rotatable bonds is 6. The molecule has 0 bridgehead atoms. The smallest absolute Gasteiger partial charge is 0.261 e. The Morgan fingerprint density at radius 3 is 2.59 bits per heavy atom. The second-order valence-electron chi connectivity index (χ2n) is 6.30. The molecule has 29 heavy (non-hydrogen) atoms. The zero-order chi connectivity index (χ0) is 20.2. The molecule has 2 aromatic heterocycles. The number of amides is 1. The van der Waals surface area contributed by atoms with E-state index in [1.807, 2.05) is 61.5 Å². The predicted octanol–water partition coefficient (Wildman–Crippen LogP) is 5.06. The van der Waals surface area contributed by atoms with Crippen LogP contribution in [0.25, 0.3) is 16.9 Å². The number of nitrogens with one attached hydrogen (secondary N) is 1. The van der Waals surface area contributed by atoms with Gasteiger partial charge in [-0.3, -0.25) is 10.1 Å². The maximum Gasteiger partial charge on any atom is 0.261 e. The minimum absolute atomic E-state index is 0.257. The molecule has 1 N–H and O–H groups in total. The minimum Gasteiger partial charge on any atom is -0.296 e. The van der Waals surface area contributed by atoms with E-state index in [1.54, 1.807) is 22.6 Å². The zero-order valence-corrected chi connectivity index (χ0v) is 17.6. The number of carbonyl (C=O) groups is 1. The summed E-state index contributed by atoms with van der Waals surface area (Å²) < 4.78 is 2.56. The van der Waals surface area contributed by atoms with E-state index in [-0.39, 0.29) is 5.91 Å². The third-order valence-electron chi connectivity index (χ3n) is 4.20. The number of aryl methyl sites for hydroxylation is 1. The highest BCUT2D eigenvalue weighted by atomic mass is 32.2. The molecule has 0 atom stereocenters. The Morgan fingerprint density at radius 1 is 1.10 bits per heavy atom. The van der Waals surface area contributed by atoms with E-state index in [2.05, 4.69) is 22.4 Å². The number of thioether (sulfide) groups is 1. The minimum atomic E-state index is -0.257. The van der Waals surface area contributed by atoms with Crippen molar-refractivity contribution in [1.82, 2.24) is 20.0 Å². The average Bonchev–Trinajstić information content (AvgIpc) is 3.37. The highest BCUT2D eigenvalue weighted by molar-refractivity contribution is 8.01. The highest BCUT2D eigenvalue weighted by Gasteiger charge is 2.20. The van der Waals surface area contributed by atoms with Gasteiger partial charge in [0, 0.05) is 11.8 Å². The van der Waals surface area contributed by atoms with Gasteiger partial charge in [0.25, 0.3) is 5.91 Å².